The second kappa shape index (κ2) is 4.56. The van der Waals surface area contributed by atoms with Crippen LogP contribution in [-0.4, -0.2) is 35.7 Å². The topological polar surface area (TPSA) is 76.1 Å². The van der Waals surface area contributed by atoms with Crippen LogP contribution >= 0.6 is 0 Å². The average molecular weight is 316 g/mol. The summed E-state index contributed by atoms with van der Waals surface area (Å²) in [5, 5.41) is 23.2. The van der Waals surface area contributed by atoms with Gasteiger partial charge in [0.05, 0.1) is 42.5 Å². The smallest absolute Gasteiger partial charge is 0.390 e. The number of aromatic nitrogens is 4. The Morgan fingerprint density at radius 1 is 1.36 bits per heavy atom. The molecule has 2 atom stereocenters. The molecular formula is C13H15F3N4O2. The van der Waals surface area contributed by atoms with Crippen molar-refractivity contribution in [3.63, 3.8) is 0 Å². The van der Waals surface area contributed by atoms with E-state index in [1.807, 2.05) is 0 Å². The molecule has 0 radical (unpaired) electrons. The second-order valence-corrected chi connectivity index (χ2v) is 5.62. The lowest BCUT2D eigenvalue weighted by molar-refractivity contribution is -0.262. The Hall–Kier alpha value is -1.87. The van der Waals surface area contributed by atoms with Gasteiger partial charge in [-0.15, -0.1) is 0 Å². The zero-order valence-electron chi connectivity index (χ0n) is 12.0. The third kappa shape index (κ3) is 1.96. The Morgan fingerprint density at radius 2 is 2.05 bits per heavy atom. The molecule has 3 rings (SSSR count). The molecule has 0 aromatic carbocycles. The molecule has 1 aliphatic heterocycles. The first-order valence-corrected chi connectivity index (χ1v) is 6.71. The fraction of sp³-hybridized carbons (Fsp3) is 0.538. The zero-order valence-corrected chi connectivity index (χ0v) is 12.0. The zero-order chi connectivity index (χ0) is 16.3. The summed E-state index contributed by atoms with van der Waals surface area (Å²) in [4.78, 5) is 3.81. The summed E-state index contributed by atoms with van der Waals surface area (Å²) in [7, 11) is 0. The molecule has 0 saturated carbocycles. The minimum atomic E-state index is -4.83. The monoisotopic (exact) mass is 316 g/mol. The van der Waals surface area contributed by atoms with Gasteiger partial charge < -0.3 is 14.8 Å². The van der Waals surface area contributed by atoms with Gasteiger partial charge in [-0.25, -0.2) is 4.98 Å². The number of imidazole rings is 1. The highest BCUT2D eigenvalue weighted by atomic mass is 19.4. The molecule has 2 N–H and O–H groups in total. The van der Waals surface area contributed by atoms with E-state index in [1.165, 1.54) is 10.8 Å². The predicted octanol–water partition coefficient (Wildman–Crippen LogP) is 1.58. The third-order valence-electron chi connectivity index (χ3n) is 3.92. The Kier molecular flexibility index (Phi) is 3.12. The summed E-state index contributed by atoms with van der Waals surface area (Å²) in [6.45, 7) is 2.50. The van der Waals surface area contributed by atoms with Gasteiger partial charge in [-0.3, -0.25) is 4.68 Å². The molecule has 120 valence electrons. The van der Waals surface area contributed by atoms with Crippen LogP contribution in [0, 0.1) is 0 Å². The van der Waals surface area contributed by atoms with E-state index in [4.69, 9.17) is 5.11 Å². The Balaban J connectivity index is 2.18. The number of hydrogen-bond acceptors (Lipinski definition) is 4. The molecule has 0 bridgehead atoms. The quantitative estimate of drug-likeness (QED) is 0.882. The van der Waals surface area contributed by atoms with Crippen LogP contribution in [0.15, 0.2) is 12.3 Å². The lowest BCUT2D eigenvalue weighted by Crippen LogP contribution is -2.42. The molecule has 0 fully saturated rings. The number of rotatable bonds is 2. The maximum Gasteiger partial charge on any atom is 0.424 e. The molecule has 6 nitrogen and oxygen atoms in total. The van der Waals surface area contributed by atoms with Gasteiger partial charge in [0.25, 0.3) is 0 Å². The Labute approximate surface area is 123 Å². The molecule has 0 aliphatic carbocycles. The molecular weight excluding hydrogens is 301 g/mol. The van der Waals surface area contributed by atoms with Gasteiger partial charge in [-0.2, -0.15) is 18.3 Å². The first kappa shape index (κ1) is 15.0. The van der Waals surface area contributed by atoms with E-state index in [-0.39, 0.29) is 12.6 Å². The van der Waals surface area contributed by atoms with Crippen molar-refractivity contribution in [2.24, 2.45) is 0 Å². The number of fused-ring (bicyclic) bond motifs is 3. The fourth-order valence-electron chi connectivity index (χ4n) is 2.71. The molecule has 22 heavy (non-hydrogen) atoms. The molecule has 3 heterocycles. The van der Waals surface area contributed by atoms with Gasteiger partial charge in [0, 0.05) is 0 Å². The number of nitrogens with zero attached hydrogens (tertiary/aromatic N) is 4. The molecule has 0 saturated heterocycles. The van der Waals surface area contributed by atoms with E-state index in [0.29, 0.717) is 30.6 Å². The first-order valence-electron chi connectivity index (χ1n) is 6.71. The molecule has 2 aromatic rings. The van der Waals surface area contributed by atoms with Crippen LogP contribution in [0.3, 0.4) is 0 Å². The van der Waals surface area contributed by atoms with Crippen LogP contribution in [0.1, 0.15) is 31.4 Å². The number of aliphatic hydroxyl groups excluding tert-OH is 1. The maximum atomic E-state index is 13.1. The van der Waals surface area contributed by atoms with Gasteiger partial charge >= 0.3 is 6.18 Å². The Bertz CT molecular complexity index is 717. The second-order valence-electron chi connectivity index (χ2n) is 5.62. The fourth-order valence-corrected chi connectivity index (χ4v) is 2.71. The van der Waals surface area contributed by atoms with E-state index >= 15 is 0 Å². The Morgan fingerprint density at radius 3 is 2.64 bits per heavy atom. The van der Waals surface area contributed by atoms with Crippen LogP contribution in [-0.2, 0) is 18.8 Å². The minimum Gasteiger partial charge on any atom is -0.390 e. The molecule has 9 heteroatoms. The van der Waals surface area contributed by atoms with E-state index in [0.717, 1.165) is 0 Å². The molecule has 1 aliphatic rings. The van der Waals surface area contributed by atoms with Crippen molar-refractivity contribution in [3.8, 4) is 11.4 Å². The lowest BCUT2D eigenvalue weighted by atomic mass is 10.0. The van der Waals surface area contributed by atoms with Gasteiger partial charge in [0.1, 0.15) is 0 Å². The van der Waals surface area contributed by atoms with Crippen molar-refractivity contribution in [2.75, 3.05) is 0 Å². The van der Waals surface area contributed by atoms with Crippen LogP contribution in [0.4, 0.5) is 13.2 Å². The number of hydrogen-bond donors (Lipinski definition) is 2. The van der Waals surface area contributed by atoms with E-state index in [1.54, 1.807) is 17.7 Å². The lowest BCUT2D eigenvalue weighted by Gasteiger charge is -2.31. The number of alkyl halides is 3. The predicted molar refractivity (Wildman–Crippen MR) is 69.7 cm³/mol. The summed E-state index contributed by atoms with van der Waals surface area (Å²) in [6, 6.07) is 1.24. The van der Waals surface area contributed by atoms with E-state index in [2.05, 4.69) is 10.1 Å². The maximum absolute atomic E-state index is 13.1. The largest absolute Gasteiger partial charge is 0.424 e. The van der Waals surface area contributed by atoms with Crippen LogP contribution in [0.2, 0.25) is 0 Å². The van der Waals surface area contributed by atoms with Crippen molar-refractivity contribution in [1.82, 2.24) is 19.3 Å². The van der Waals surface area contributed by atoms with Gasteiger partial charge in [-0.05, 0) is 19.9 Å². The molecule has 0 spiro atoms. The van der Waals surface area contributed by atoms with Crippen LogP contribution < -0.4 is 0 Å². The van der Waals surface area contributed by atoms with Gasteiger partial charge in [0.15, 0.2) is 5.82 Å². The van der Waals surface area contributed by atoms with E-state index in [9.17, 15) is 18.3 Å². The molecule has 0 amide bonds. The molecule has 2 aromatic heterocycles. The van der Waals surface area contributed by atoms with Gasteiger partial charge in [-0.1, -0.05) is 0 Å². The highest BCUT2D eigenvalue weighted by molar-refractivity contribution is 5.57. The third-order valence-corrected chi connectivity index (χ3v) is 3.92. The van der Waals surface area contributed by atoms with Gasteiger partial charge in [0.2, 0.25) is 5.60 Å². The average Bonchev–Trinajstić information content (AvgIpc) is 3.00. The van der Waals surface area contributed by atoms with Crippen molar-refractivity contribution in [2.45, 2.75) is 44.8 Å². The summed E-state index contributed by atoms with van der Waals surface area (Å²) in [6.07, 6.45) is -3.54. The minimum absolute atomic E-state index is 0.254. The summed E-state index contributed by atoms with van der Waals surface area (Å²) >= 11 is 0. The highest BCUT2D eigenvalue weighted by Crippen LogP contribution is 2.42. The van der Waals surface area contributed by atoms with Crippen molar-refractivity contribution in [1.29, 1.82) is 0 Å². The summed E-state index contributed by atoms with van der Waals surface area (Å²) < 4.78 is 42.3. The number of aliphatic hydroxyl groups is 2. The normalized spacial score (nSPS) is 20.4. The first-order chi connectivity index (χ1) is 10.2. The standard InChI is InChI=1S/C13H15F3N4O2/c1-7-5-19-9(3-8(6-21)18-19)10-4-17-11(20(7)10)12(2,22)13(14,15)16/h3-4,7,21-22H,5-6H2,1-2H3/t7-,12?/m0/s1. The SMILES string of the molecule is C[C@H]1Cn2nc(CO)cc2-c2cnc(C(C)(O)C(F)(F)F)n21. The summed E-state index contributed by atoms with van der Waals surface area (Å²) in [5.74, 6) is -0.444. The van der Waals surface area contributed by atoms with Crippen molar-refractivity contribution < 1.29 is 23.4 Å². The van der Waals surface area contributed by atoms with Crippen LogP contribution in [0.25, 0.3) is 11.4 Å². The van der Waals surface area contributed by atoms with Crippen LogP contribution in [0.5, 0.6) is 0 Å². The summed E-state index contributed by atoms with van der Waals surface area (Å²) in [5.41, 5.74) is -1.60. The highest BCUT2D eigenvalue weighted by Gasteiger charge is 2.55. The number of halogens is 3. The molecule has 1 unspecified atom stereocenters. The van der Waals surface area contributed by atoms with Crippen molar-refractivity contribution >= 4 is 0 Å². The van der Waals surface area contributed by atoms with E-state index < -0.39 is 17.6 Å². The van der Waals surface area contributed by atoms with Crippen molar-refractivity contribution in [3.05, 3.63) is 23.8 Å².